The molecule has 1 rings (SSSR count). The Labute approximate surface area is 52.3 Å². The van der Waals surface area contributed by atoms with Crippen molar-refractivity contribution < 1.29 is 13.5 Å². The van der Waals surface area contributed by atoms with E-state index in [1.165, 1.54) is 6.92 Å². The molecule has 0 aromatic rings. The SMILES string of the molecule is CC1OCC=C(F)C1F. The molecular formula is C6H8F2O. The summed E-state index contributed by atoms with van der Waals surface area (Å²) in [7, 11) is 0. The zero-order valence-electron chi connectivity index (χ0n) is 5.10. The molecular weight excluding hydrogens is 126 g/mol. The highest BCUT2D eigenvalue weighted by Gasteiger charge is 2.24. The molecule has 0 aromatic heterocycles. The van der Waals surface area contributed by atoms with E-state index in [1.807, 2.05) is 0 Å². The van der Waals surface area contributed by atoms with E-state index >= 15 is 0 Å². The van der Waals surface area contributed by atoms with Gasteiger partial charge in [-0.25, -0.2) is 8.78 Å². The van der Waals surface area contributed by atoms with Crippen molar-refractivity contribution in [3.8, 4) is 0 Å². The molecule has 2 atom stereocenters. The summed E-state index contributed by atoms with van der Waals surface area (Å²) in [5, 5.41) is 0. The zero-order chi connectivity index (χ0) is 6.85. The van der Waals surface area contributed by atoms with Crippen molar-refractivity contribution in [2.45, 2.75) is 19.2 Å². The molecule has 0 fully saturated rings. The number of halogens is 2. The number of hydrogen-bond donors (Lipinski definition) is 0. The Morgan fingerprint density at radius 1 is 1.78 bits per heavy atom. The van der Waals surface area contributed by atoms with Crippen LogP contribution in [0.15, 0.2) is 11.9 Å². The van der Waals surface area contributed by atoms with Gasteiger partial charge in [-0.3, -0.25) is 0 Å². The number of alkyl halides is 1. The van der Waals surface area contributed by atoms with Crippen LogP contribution < -0.4 is 0 Å². The summed E-state index contributed by atoms with van der Waals surface area (Å²) in [5.74, 6) is -0.700. The fraction of sp³-hybridized carbons (Fsp3) is 0.667. The Kier molecular flexibility index (Phi) is 1.81. The Hall–Kier alpha value is -0.440. The van der Waals surface area contributed by atoms with Crippen LogP contribution in [0, 0.1) is 0 Å². The van der Waals surface area contributed by atoms with Crippen LogP contribution in [0.3, 0.4) is 0 Å². The van der Waals surface area contributed by atoms with Gasteiger partial charge in [0.05, 0.1) is 12.7 Å². The first-order chi connectivity index (χ1) is 4.22. The largest absolute Gasteiger partial charge is 0.371 e. The lowest BCUT2D eigenvalue weighted by molar-refractivity contribution is 0.0159. The van der Waals surface area contributed by atoms with Gasteiger partial charge in [0.2, 0.25) is 0 Å². The Morgan fingerprint density at radius 2 is 2.44 bits per heavy atom. The second-order valence-corrected chi connectivity index (χ2v) is 2.03. The van der Waals surface area contributed by atoms with Crippen molar-refractivity contribution in [3.63, 3.8) is 0 Å². The molecule has 0 aliphatic carbocycles. The summed E-state index contributed by atoms with van der Waals surface area (Å²) in [6.07, 6.45) is -1.07. The van der Waals surface area contributed by atoms with E-state index in [0.717, 1.165) is 6.08 Å². The molecule has 52 valence electrons. The van der Waals surface area contributed by atoms with Gasteiger partial charge in [0, 0.05) is 0 Å². The maximum Gasteiger partial charge on any atom is 0.177 e. The van der Waals surface area contributed by atoms with Gasteiger partial charge in [0.15, 0.2) is 6.17 Å². The summed E-state index contributed by atoms with van der Waals surface area (Å²) in [5.41, 5.74) is 0. The van der Waals surface area contributed by atoms with E-state index in [2.05, 4.69) is 0 Å². The lowest BCUT2D eigenvalue weighted by Gasteiger charge is -2.19. The van der Waals surface area contributed by atoms with Gasteiger partial charge in [0.1, 0.15) is 5.83 Å². The van der Waals surface area contributed by atoms with Crippen LogP contribution in [0.4, 0.5) is 8.78 Å². The fourth-order valence-corrected chi connectivity index (χ4v) is 0.701. The van der Waals surface area contributed by atoms with Crippen molar-refractivity contribution in [3.05, 3.63) is 11.9 Å². The molecule has 0 aromatic carbocycles. The quantitative estimate of drug-likeness (QED) is 0.489. The van der Waals surface area contributed by atoms with Crippen molar-refractivity contribution in [2.75, 3.05) is 6.61 Å². The molecule has 0 N–H and O–H groups in total. The molecule has 3 heteroatoms. The molecule has 1 aliphatic heterocycles. The van der Waals surface area contributed by atoms with Crippen LogP contribution in [0.5, 0.6) is 0 Å². The van der Waals surface area contributed by atoms with Crippen molar-refractivity contribution >= 4 is 0 Å². The van der Waals surface area contributed by atoms with Crippen LogP contribution in [-0.4, -0.2) is 18.9 Å². The van der Waals surface area contributed by atoms with Gasteiger partial charge < -0.3 is 4.74 Å². The summed E-state index contributed by atoms with van der Waals surface area (Å²) >= 11 is 0. The third kappa shape index (κ3) is 1.27. The lowest BCUT2D eigenvalue weighted by Crippen LogP contribution is -2.26. The topological polar surface area (TPSA) is 9.23 Å². The van der Waals surface area contributed by atoms with Crippen LogP contribution in [0.2, 0.25) is 0 Å². The smallest absolute Gasteiger partial charge is 0.177 e. The average Bonchev–Trinajstić information content (AvgIpc) is 1.83. The van der Waals surface area contributed by atoms with Gasteiger partial charge in [0.25, 0.3) is 0 Å². The minimum Gasteiger partial charge on any atom is -0.371 e. The van der Waals surface area contributed by atoms with Gasteiger partial charge in [-0.15, -0.1) is 0 Å². The van der Waals surface area contributed by atoms with E-state index in [0.29, 0.717) is 0 Å². The summed E-state index contributed by atoms with van der Waals surface area (Å²) in [4.78, 5) is 0. The van der Waals surface area contributed by atoms with Crippen molar-refractivity contribution in [1.82, 2.24) is 0 Å². The van der Waals surface area contributed by atoms with E-state index in [-0.39, 0.29) is 6.61 Å². The highest BCUT2D eigenvalue weighted by molar-refractivity contribution is 5.04. The van der Waals surface area contributed by atoms with Crippen LogP contribution in [-0.2, 0) is 4.74 Å². The summed E-state index contributed by atoms with van der Waals surface area (Å²) in [6.45, 7) is 1.70. The molecule has 0 saturated heterocycles. The molecule has 1 nitrogen and oxygen atoms in total. The molecule has 2 unspecified atom stereocenters. The molecule has 1 heterocycles. The third-order valence-electron chi connectivity index (χ3n) is 1.31. The molecule has 0 bridgehead atoms. The summed E-state index contributed by atoms with van der Waals surface area (Å²) < 4.78 is 29.4. The second-order valence-electron chi connectivity index (χ2n) is 2.03. The van der Waals surface area contributed by atoms with Crippen molar-refractivity contribution in [2.24, 2.45) is 0 Å². The monoisotopic (exact) mass is 134 g/mol. The molecule has 0 radical (unpaired) electrons. The Bertz CT molecular complexity index is 133. The average molecular weight is 134 g/mol. The van der Waals surface area contributed by atoms with E-state index in [1.54, 1.807) is 0 Å². The Balaban J connectivity index is 2.62. The highest BCUT2D eigenvalue weighted by Crippen LogP contribution is 2.18. The van der Waals surface area contributed by atoms with Gasteiger partial charge in [-0.2, -0.15) is 0 Å². The van der Waals surface area contributed by atoms with Crippen molar-refractivity contribution in [1.29, 1.82) is 0 Å². The first-order valence-electron chi connectivity index (χ1n) is 2.83. The minimum atomic E-state index is -1.56. The van der Waals surface area contributed by atoms with Gasteiger partial charge in [-0.05, 0) is 13.0 Å². The summed E-state index contributed by atoms with van der Waals surface area (Å²) in [6, 6.07) is 0. The fourth-order valence-electron chi connectivity index (χ4n) is 0.701. The van der Waals surface area contributed by atoms with E-state index in [9.17, 15) is 8.78 Å². The lowest BCUT2D eigenvalue weighted by atomic mass is 10.2. The maximum atomic E-state index is 12.4. The van der Waals surface area contributed by atoms with E-state index < -0.39 is 18.1 Å². The standard InChI is InChI=1S/C6H8F2O/c1-4-6(8)5(7)2-3-9-4/h2,4,6H,3H2,1H3. The van der Waals surface area contributed by atoms with Gasteiger partial charge in [-0.1, -0.05) is 0 Å². The molecule has 0 spiro atoms. The molecule has 0 amide bonds. The third-order valence-corrected chi connectivity index (χ3v) is 1.31. The second kappa shape index (κ2) is 2.43. The predicted molar refractivity (Wildman–Crippen MR) is 29.5 cm³/mol. The zero-order valence-corrected chi connectivity index (χ0v) is 5.10. The number of hydrogen-bond acceptors (Lipinski definition) is 1. The normalized spacial score (nSPS) is 36.1. The van der Waals surface area contributed by atoms with Crippen LogP contribution >= 0.6 is 0 Å². The van der Waals surface area contributed by atoms with Gasteiger partial charge >= 0.3 is 0 Å². The predicted octanol–water partition coefficient (Wildman–Crippen LogP) is 1.60. The Morgan fingerprint density at radius 3 is 2.89 bits per heavy atom. The number of rotatable bonds is 0. The number of ether oxygens (including phenoxy) is 1. The molecule has 9 heavy (non-hydrogen) atoms. The highest BCUT2D eigenvalue weighted by atomic mass is 19.2. The minimum absolute atomic E-state index is 0.188. The first kappa shape index (κ1) is 6.68. The van der Waals surface area contributed by atoms with Crippen LogP contribution in [0.1, 0.15) is 6.92 Å². The first-order valence-corrected chi connectivity index (χ1v) is 2.83. The van der Waals surface area contributed by atoms with Crippen LogP contribution in [0.25, 0.3) is 0 Å². The van der Waals surface area contributed by atoms with E-state index in [4.69, 9.17) is 4.74 Å². The molecule has 0 saturated carbocycles. The molecule has 1 aliphatic rings. The maximum absolute atomic E-state index is 12.4.